The Kier molecular flexibility index (Phi) is 16.7. The maximum atomic E-state index is 5.16. The summed E-state index contributed by atoms with van der Waals surface area (Å²) in [6.45, 7) is 3.05. The molecule has 4 rings (SSSR count). The molecule has 4 aromatic carbocycles. The third-order valence-corrected chi connectivity index (χ3v) is 6.41. The van der Waals surface area contributed by atoms with E-state index >= 15 is 0 Å². The van der Waals surface area contributed by atoms with Gasteiger partial charge >= 0.3 is 19.5 Å². The van der Waals surface area contributed by atoms with Gasteiger partial charge in [0.15, 0.2) is 0 Å². The average Bonchev–Trinajstić information content (AvgIpc) is 2.91. The van der Waals surface area contributed by atoms with E-state index in [1.165, 1.54) is 22.3 Å². The SMILES string of the molecule is N.S=C([S-])N(Cc1ccccc1)Cc1ccccc1.S=C([S-])N(Cc1ccccc1)Cc1ccccc1.[Zn+2]. The van der Waals surface area contributed by atoms with Crippen LogP contribution in [0.5, 0.6) is 0 Å². The van der Waals surface area contributed by atoms with E-state index in [0.717, 1.165) is 26.2 Å². The first kappa shape index (κ1) is 33.7. The Bertz CT molecular complexity index is 1020. The molecule has 4 aromatic rings. The summed E-state index contributed by atoms with van der Waals surface area (Å²) < 4.78 is 1.03. The molecule has 0 radical (unpaired) electrons. The molecule has 3 nitrogen and oxygen atoms in total. The molecular weight excluding hydrogens is 596 g/mol. The first-order valence-electron chi connectivity index (χ1n) is 11.6. The summed E-state index contributed by atoms with van der Waals surface area (Å²) in [5, 5.41) is 0. The van der Waals surface area contributed by atoms with Crippen molar-refractivity contribution >= 4 is 58.3 Å². The molecule has 0 atom stereocenters. The molecule has 0 spiro atoms. The number of hydrogen-bond donors (Lipinski definition) is 1. The van der Waals surface area contributed by atoms with Crippen LogP contribution in [0.1, 0.15) is 22.3 Å². The second-order valence-electron chi connectivity index (χ2n) is 8.19. The van der Waals surface area contributed by atoms with Gasteiger partial charge in [0.2, 0.25) is 0 Å². The zero-order chi connectivity index (χ0) is 25.6. The molecule has 0 aliphatic rings. The quantitative estimate of drug-likeness (QED) is 0.126. The van der Waals surface area contributed by atoms with Gasteiger partial charge < -0.3 is 65.6 Å². The summed E-state index contributed by atoms with van der Waals surface area (Å²) in [4.78, 5) is 4.07. The second kappa shape index (κ2) is 18.9. The van der Waals surface area contributed by atoms with Gasteiger partial charge in [-0.3, -0.25) is 0 Å². The minimum atomic E-state index is 0. The molecular formula is C30H31N3S4Zn. The molecule has 0 bridgehead atoms. The molecule has 0 amide bonds. The Hall–Kier alpha value is -2.32. The van der Waals surface area contributed by atoms with E-state index in [9.17, 15) is 0 Å². The molecule has 0 aliphatic carbocycles. The van der Waals surface area contributed by atoms with Crippen molar-refractivity contribution in [1.29, 1.82) is 0 Å². The zero-order valence-electron chi connectivity index (χ0n) is 21.3. The molecule has 0 aliphatic heterocycles. The van der Waals surface area contributed by atoms with Crippen molar-refractivity contribution in [3.8, 4) is 0 Å². The average molecular weight is 627 g/mol. The van der Waals surface area contributed by atoms with Crippen molar-refractivity contribution in [3.63, 3.8) is 0 Å². The maximum absolute atomic E-state index is 5.16. The van der Waals surface area contributed by atoms with Crippen LogP contribution in [0.15, 0.2) is 121 Å². The summed E-state index contributed by atoms with van der Waals surface area (Å²) in [5.41, 5.74) is 4.89. The summed E-state index contributed by atoms with van der Waals surface area (Å²) in [5.74, 6) is 0. The smallest absolute Gasteiger partial charge is 0.411 e. The Morgan fingerprint density at radius 3 is 0.789 bits per heavy atom. The van der Waals surface area contributed by atoms with E-state index < -0.39 is 0 Å². The number of rotatable bonds is 8. The first-order chi connectivity index (χ1) is 17.5. The van der Waals surface area contributed by atoms with Gasteiger partial charge in [-0.15, -0.1) is 0 Å². The van der Waals surface area contributed by atoms with Crippen molar-refractivity contribution in [3.05, 3.63) is 144 Å². The van der Waals surface area contributed by atoms with Crippen molar-refractivity contribution in [1.82, 2.24) is 16.0 Å². The first-order valence-corrected chi connectivity index (χ1v) is 13.2. The van der Waals surface area contributed by atoms with Crippen LogP contribution in [-0.4, -0.2) is 18.4 Å². The number of thiocarbonyl (C=S) groups is 2. The molecule has 192 valence electrons. The molecule has 8 heteroatoms. The Morgan fingerprint density at radius 1 is 0.447 bits per heavy atom. The van der Waals surface area contributed by atoms with Crippen LogP contribution in [0.4, 0.5) is 0 Å². The van der Waals surface area contributed by atoms with Crippen LogP contribution in [0, 0.1) is 0 Å². The van der Waals surface area contributed by atoms with Crippen LogP contribution >= 0.6 is 24.4 Å². The van der Waals surface area contributed by atoms with Gasteiger partial charge in [-0.2, -0.15) is 0 Å². The summed E-state index contributed by atoms with van der Waals surface area (Å²) in [6.07, 6.45) is 0. The molecule has 0 unspecified atom stereocenters. The van der Waals surface area contributed by atoms with Crippen LogP contribution in [0.2, 0.25) is 0 Å². The van der Waals surface area contributed by atoms with Crippen molar-refractivity contribution in [2.75, 3.05) is 0 Å². The number of benzene rings is 4. The van der Waals surface area contributed by atoms with E-state index in [4.69, 9.17) is 49.7 Å². The molecule has 0 fully saturated rings. The van der Waals surface area contributed by atoms with Gasteiger partial charge in [-0.05, 0) is 22.3 Å². The number of nitrogens with zero attached hydrogens (tertiary/aromatic N) is 2. The van der Waals surface area contributed by atoms with Crippen LogP contribution in [0.3, 0.4) is 0 Å². The fraction of sp³-hybridized carbons (Fsp3) is 0.133. The minimum absolute atomic E-state index is 0. The molecule has 38 heavy (non-hydrogen) atoms. The standard InChI is InChI=1S/2C15H15NS2.H3N.Zn/c2*17-15(18)16(11-13-7-3-1-4-8-13)12-14-9-5-2-6-10-14;;/h2*1-10H,11-12H2,(H,17,18);1H3;/q;;;+2/p-2. The number of hydrogen-bond acceptors (Lipinski definition) is 5. The predicted molar refractivity (Wildman–Crippen MR) is 169 cm³/mol. The fourth-order valence-corrected chi connectivity index (χ4v) is 4.10. The predicted octanol–water partition coefficient (Wildman–Crippen LogP) is 7.20. The molecule has 0 aromatic heterocycles. The van der Waals surface area contributed by atoms with E-state index in [-0.39, 0.29) is 25.6 Å². The third kappa shape index (κ3) is 12.5. The largest absolute Gasteiger partial charge is 2.00 e. The third-order valence-electron chi connectivity index (χ3n) is 5.38. The molecule has 0 heterocycles. The van der Waals surface area contributed by atoms with Crippen molar-refractivity contribution in [2.45, 2.75) is 26.2 Å². The van der Waals surface area contributed by atoms with E-state index in [0.29, 0.717) is 8.64 Å². The van der Waals surface area contributed by atoms with E-state index in [2.05, 4.69) is 48.5 Å². The topological polar surface area (TPSA) is 41.5 Å². The molecule has 3 N–H and O–H groups in total. The van der Waals surface area contributed by atoms with Gasteiger partial charge in [-0.25, -0.2) is 0 Å². The van der Waals surface area contributed by atoms with Gasteiger partial charge in [0.05, 0.1) is 0 Å². The van der Waals surface area contributed by atoms with Gasteiger partial charge in [0, 0.05) is 26.2 Å². The van der Waals surface area contributed by atoms with Gasteiger partial charge in [-0.1, -0.05) is 130 Å². The second-order valence-corrected chi connectivity index (χ2v) is 10.2. The zero-order valence-corrected chi connectivity index (χ0v) is 27.6. The Balaban J connectivity index is 0.000000361. The maximum Gasteiger partial charge on any atom is 2.00 e. The minimum Gasteiger partial charge on any atom is -0.411 e. The van der Waals surface area contributed by atoms with E-state index in [1.54, 1.807) is 0 Å². The Labute approximate surface area is 261 Å². The van der Waals surface area contributed by atoms with Crippen LogP contribution in [-0.2, 0) is 70.9 Å². The summed E-state index contributed by atoms with van der Waals surface area (Å²) >= 11 is 20.6. The monoisotopic (exact) mass is 625 g/mol. The normalized spacial score (nSPS) is 9.47. The summed E-state index contributed by atoms with van der Waals surface area (Å²) in [6, 6.07) is 41.0. The summed E-state index contributed by atoms with van der Waals surface area (Å²) in [7, 11) is 0. The van der Waals surface area contributed by atoms with Crippen molar-refractivity contribution in [2.24, 2.45) is 0 Å². The van der Waals surface area contributed by atoms with Gasteiger partial charge in [0.25, 0.3) is 0 Å². The molecule has 0 saturated carbocycles. The van der Waals surface area contributed by atoms with Crippen molar-refractivity contribution < 1.29 is 19.5 Å². The van der Waals surface area contributed by atoms with Crippen LogP contribution in [0.25, 0.3) is 0 Å². The van der Waals surface area contributed by atoms with Crippen LogP contribution < -0.4 is 6.15 Å². The van der Waals surface area contributed by atoms with Gasteiger partial charge in [0.1, 0.15) is 0 Å². The molecule has 0 saturated heterocycles. The van der Waals surface area contributed by atoms with E-state index in [1.807, 2.05) is 82.6 Å². The Morgan fingerprint density at radius 2 is 0.632 bits per heavy atom. The fourth-order valence-electron chi connectivity index (χ4n) is 3.59.